The summed E-state index contributed by atoms with van der Waals surface area (Å²) >= 11 is 0. The maximum absolute atomic E-state index is 13.2. The number of nitrogens with one attached hydrogen (secondary N) is 1. The monoisotopic (exact) mass is 499 g/mol. The van der Waals surface area contributed by atoms with E-state index in [9.17, 15) is 4.79 Å². The van der Waals surface area contributed by atoms with Crippen LogP contribution in [0, 0.1) is 0 Å². The zero-order valence-electron chi connectivity index (χ0n) is 21.5. The van der Waals surface area contributed by atoms with Crippen molar-refractivity contribution >= 4 is 11.7 Å². The first kappa shape index (κ1) is 26.0. The van der Waals surface area contributed by atoms with Gasteiger partial charge in [0.2, 0.25) is 0 Å². The molecule has 0 unspecified atom stereocenters. The molecule has 4 rings (SSSR count). The second-order valence-electron chi connectivity index (χ2n) is 9.03. The van der Waals surface area contributed by atoms with Gasteiger partial charge in [0, 0.05) is 37.4 Å². The molecule has 0 aliphatic carbocycles. The van der Waals surface area contributed by atoms with Crippen LogP contribution in [0.25, 0.3) is 0 Å². The fourth-order valence-corrected chi connectivity index (χ4v) is 4.04. The van der Waals surface area contributed by atoms with Crippen molar-refractivity contribution in [3.63, 3.8) is 0 Å². The number of carbonyl (C=O) groups excluding carboxylic acids is 1. The van der Waals surface area contributed by atoms with E-state index in [1.54, 1.807) is 36.1 Å². The topological polar surface area (TPSA) is 74.6 Å². The van der Waals surface area contributed by atoms with Crippen molar-refractivity contribution in [2.75, 3.05) is 19.0 Å². The van der Waals surface area contributed by atoms with Gasteiger partial charge in [0.05, 0.1) is 19.3 Å². The molecule has 7 heteroatoms. The smallest absolute Gasteiger partial charge is 0.257 e. The van der Waals surface area contributed by atoms with E-state index >= 15 is 0 Å². The third-order valence-electron chi connectivity index (χ3n) is 5.65. The summed E-state index contributed by atoms with van der Waals surface area (Å²) in [4.78, 5) is 13.2. The second kappa shape index (κ2) is 12.7. The molecule has 3 aromatic carbocycles. The van der Waals surface area contributed by atoms with Crippen LogP contribution in [0.1, 0.15) is 35.3 Å². The highest BCUT2D eigenvalue weighted by molar-refractivity contribution is 6.04. The van der Waals surface area contributed by atoms with Crippen molar-refractivity contribution in [3.05, 3.63) is 108 Å². The second-order valence-corrected chi connectivity index (χ2v) is 9.03. The van der Waals surface area contributed by atoms with Crippen LogP contribution < -0.4 is 14.8 Å². The fraction of sp³-hybridized carbons (Fsp3) is 0.267. The lowest BCUT2D eigenvalue weighted by Crippen LogP contribution is -2.20. The first-order valence-corrected chi connectivity index (χ1v) is 12.4. The van der Waals surface area contributed by atoms with E-state index < -0.39 is 0 Å². The number of methoxy groups -OCH3 is 1. The van der Waals surface area contributed by atoms with Crippen LogP contribution in [0.4, 0.5) is 5.82 Å². The van der Waals surface area contributed by atoms with Crippen LogP contribution in [0.2, 0.25) is 0 Å². The number of ether oxygens (including phenoxy) is 3. The molecule has 192 valence electrons. The minimum absolute atomic E-state index is 0.0985. The number of anilines is 1. The summed E-state index contributed by atoms with van der Waals surface area (Å²) in [6, 6.07) is 27.2. The molecule has 1 N–H and O–H groups in total. The SMILES string of the molecule is COC[C@H](C)Oc1cc(O[C@@H](C)Cc2ccccc2)cc(C(=O)Nc2ccn(Cc3ccccc3)n2)c1. The van der Waals surface area contributed by atoms with Crippen LogP contribution >= 0.6 is 0 Å². The molecule has 0 fully saturated rings. The third kappa shape index (κ3) is 7.95. The van der Waals surface area contributed by atoms with Gasteiger partial charge >= 0.3 is 0 Å². The maximum Gasteiger partial charge on any atom is 0.257 e. The Bertz CT molecular complexity index is 1270. The summed E-state index contributed by atoms with van der Waals surface area (Å²) in [5.74, 6) is 1.27. The van der Waals surface area contributed by atoms with Crippen molar-refractivity contribution in [1.82, 2.24) is 9.78 Å². The summed E-state index contributed by atoms with van der Waals surface area (Å²) in [5.41, 5.74) is 2.73. The molecule has 1 heterocycles. The molecular formula is C30H33N3O4. The Labute approximate surface area is 218 Å². The normalized spacial score (nSPS) is 12.5. The van der Waals surface area contributed by atoms with Gasteiger partial charge in [-0.25, -0.2) is 0 Å². The molecule has 0 spiro atoms. The van der Waals surface area contributed by atoms with Gasteiger partial charge in [0.15, 0.2) is 5.82 Å². The average molecular weight is 500 g/mol. The van der Waals surface area contributed by atoms with Crippen molar-refractivity contribution in [1.29, 1.82) is 0 Å². The van der Waals surface area contributed by atoms with Gasteiger partial charge in [0.1, 0.15) is 17.6 Å². The van der Waals surface area contributed by atoms with Crippen LogP contribution in [-0.4, -0.2) is 41.6 Å². The van der Waals surface area contributed by atoms with Crippen LogP contribution in [0.5, 0.6) is 11.5 Å². The molecule has 0 radical (unpaired) electrons. The standard InChI is InChI=1S/C30H33N3O4/c1-22(16-24-10-6-4-7-11-24)36-27-17-26(18-28(19-27)37-23(2)21-35-3)30(34)31-29-14-15-33(32-29)20-25-12-8-5-9-13-25/h4-15,17-19,22-23H,16,20-21H2,1-3H3,(H,31,32,34)/t22-,23-/m0/s1. The van der Waals surface area contributed by atoms with Gasteiger partial charge < -0.3 is 19.5 Å². The Morgan fingerprint density at radius 2 is 1.49 bits per heavy atom. The van der Waals surface area contributed by atoms with Gasteiger partial charge in [-0.2, -0.15) is 5.10 Å². The van der Waals surface area contributed by atoms with Crippen LogP contribution in [-0.2, 0) is 17.7 Å². The molecule has 0 aliphatic heterocycles. The summed E-state index contributed by atoms with van der Waals surface area (Å²) in [7, 11) is 1.63. The van der Waals surface area contributed by atoms with Gasteiger partial charge in [-0.15, -0.1) is 0 Å². The summed E-state index contributed by atoms with van der Waals surface area (Å²) < 4.78 is 19.2. The van der Waals surface area contributed by atoms with Gasteiger partial charge in [-0.05, 0) is 37.1 Å². The number of hydrogen-bond acceptors (Lipinski definition) is 5. The summed E-state index contributed by atoms with van der Waals surface area (Å²) in [6.07, 6.45) is 2.30. The highest BCUT2D eigenvalue weighted by Gasteiger charge is 2.15. The Hall–Kier alpha value is -4.10. The lowest BCUT2D eigenvalue weighted by atomic mass is 10.1. The number of benzene rings is 3. The van der Waals surface area contributed by atoms with Crippen molar-refractivity contribution < 1.29 is 19.0 Å². The highest BCUT2D eigenvalue weighted by Crippen LogP contribution is 2.26. The molecular weight excluding hydrogens is 466 g/mol. The molecule has 2 atom stereocenters. The Kier molecular flexibility index (Phi) is 8.94. The van der Waals surface area contributed by atoms with Crippen molar-refractivity contribution in [2.24, 2.45) is 0 Å². The molecule has 0 saturated carbocycles. The number of amides is 1. The average Bonchev–Trinajstić information content (AvgIpc) is 3.31. The van der Waals surface area contributed by atoms with E-state index in [4.69, 9.17) is 14.2 Å². The Morgan fingerprint density at radius 3 is 2.14 bits per heavy atom. The highest BCUT2D eigenvalue weighted by atomic mass is 16.5. The maximum atomic E-state index is 13.2. The van der Waals surface area contributed by atoms with E-state index in [1.807, 2.05) is 68.6 Å². The number of carbonyl (C=O) groups is 1. The quantitative estimate of drug-likeness (QED) is 0.274. The lowest BCUT2D eigenvalue weighted by Gasteiger charge is -2.19. The van der Waals surface area contributed by atoms with Crippen LogP contribution in [0.15, 0.2) is 91.1 Å². The molecule has 37 heavy (non-hydrogen) atoms. The van der Waals surface area contributed by atoms with Crippen molar-refractivity contribution in [2.45, 2.75) is 39.0 Å². The van der Waals surface area contributed by atoms with E-state index in [0.29, 0.717) is 36.0 Å². The van der Waals surface area contributed by atoms with E-state index in [1.165, 1.54) is 5.56 Å². The van der Waals surface area contributed by atoms with Gasteiger partial charge in [-0.1, -0.05) is 60.7 Å². The minimum Gasteiger partial charge on any atom is -0.490 e. The van der Waals surface area contributed by atoms with Crippen LogP contribution in [0.3, 0.4) is 0 Å². The predicted molar refractivity (Wildman–Crippen MR) is 144 cm³/mol. The third-order valence-corrected chi connectivity index (χ3v) is 5.65. The fourth-order valence-electron chi connectivity index (χ4n) is 4.04. The first-order chi connectivity index (χ1) is 18.0. The minimum atomic E-state index is -0.296. The predicted octanol–water partition coefficient (Wildman–Crippen LogP) is 5.61. The molecule has 1 amide bonds. The van der Waals surface area contributed by atoms with E-state index in [2.05, 4.69) is 22.5 Å². The Balaban J connectivity index is 1.48. The number of aromatic nitrogens is 2. The number of nitrogens with zero attached hydrogens (tertiary/aromatic N) is 2. The van der Waals surface area contributed by atoms with E-state index in [0.717, 1.165) is 12.0 Å². The van der Waals surface area contributed by atoms with E-state index in [-0.39, 0.29) is 18.1 Å². The molecule has 1 aromatic heterocycles. The molecule has 0 bridgehead atoms. The largest absolute Gasteiger partial charge is 0.490 e. The Morgan fingerprint density at radius 1 is 0.865 bits per heavy atom. The molecule has 0 aliphatic rings. The lowest BCUT2D eigenvalue weighted by molar-refractivity contribution is 0.0913. The molecule has 7 nitrogen and oxygen atoms in total. The summed E-state index contributed by atoms with van der Waals surface area (Å²) in [5, 5.41) is 7.37. The number of hydrogen-bond donors (Lipinski definition) is 1. The van der Waals surface area contributed by atoms with Gasteiger partial charge in [0.25, 0.3) is 5.91 Å². The number of rotatable bonds is 12. The zero-order valence-corrected chi connectivity index (χ0v) is 21.5. The van der Waals surface area contributed by atoms with Crippen molar-refractivity contribution in [3.8, 4) is 11.5 Å². The molecule has 0 saturated heterocycles. The zero-order chi connectivity index (χ0) is 26.0. The summed E-state index contributed by atoms with van der Waals surface area (Å²) in [6.45, 7) is 4.96. The van der Waals surface area contributed by atoms with Gasteiger partial charge in [-0.3, -0.25) is 9.48 Å². The first-order valence-electron chi connectivity index (χ1n) is 12.4. The molecule has 4 aromatic rings.